The second-order valence-electron chi connectivity index (χ2n) is 5.31. The van der Waals surface area contributed by atoms with Crippen LogP contribution in [0.2, 0.25) is 0 Å². The third-order valence-corrected chi connectivity index (χ3v) is 5.03. The van der Waals surface area contributed by atoms with Crippen LogP contribution in [0.4, 0.5) is 0 Å². The number of aromatic nitrogens is 2. The normalized spacial score (nSPS) is 17.2. The van der Waals surface area contributed by atoms with Gasteiger partial charge in [0.15, 0.2) is 5.03 Å². The van der Waals surface area contributed by atoms with Crippen molar-refractivity contribution in [2.45, 2.75) is 37.8 Å². The summed E-state index contributed by atoms with van der Waals surface area (Å²) in [6, 6.07) is 0. The van der Waals surface area contributed by atoms with Crippen molar-refractivity contribution in [1.82, 2.24) is 20.2 Å². The van der Waals surface area contributed by atoms with E-state index in [1.165, 1.54) is 0 Å². The Morgan fingerprint density at radius 1 is 1.43 bits per heavy atom. The minimum Gasteiger partial charge on any atom is -0.381 e. The smallest absolute Gasteiger partial charge is 0.257 e. The van der Waals surface area contributed by atoms with Crippen molar-refractivity contribution in [1.29, 1.82) is 0 Å². The van der Waals surface area contributed by atoms with E-state index in [1.54, 1.807) is 6.20 Å². The maximum Gasteiger partial charge on any atom is 0.257 e. The molecule has 2 heterocycles. The molecule has 0 atom stereocenters. The SMILES string of the molecule is CCCNCc1cn[nH]c1S(=O)(=O)NCC1CCOCC1. The van der Waals surface area contributed by atoms with E-state index >= 15 is 0 Å². The van der Waals surface area contributed by atoms with E-state index in [4.69, 9.17) is 4.74 Å². The lowest BCUT2D eigenvalue weighted by atomic mass is 10.0. The fourth-order valence-corrected chi connectivity index (χ4v) is 3.55. The third-order valence-electron chi connectivity index (χ3n) is 3.59. The molecule has 3 N–H and O–H groups in total. The number of ether oxygens (including phenoxy) is 1. The first-order chi connectivity index (χ1) is 10.1. The largest absolute Gasteiger partial charge is 0.381 e. The summed E-state index contributed by atoms with van der Waals surface area (Å²) in [5.41, 5.74) is 0.669. The molecule has 0 saturated carbocycles. The predicted octanol–water partition coefficient (Wildman–Crippen LogP) is 0.614. The highest BCUT2D eigenvalue weighted by molar-refractivity contribution is 7.89. The van der Waals surface area contributed by atoms with Gasteiger partial charge in [-0.25, -0.2) is 13.1 Å². The van der Waals surface area contributed by atoms with Gasteiger partial charge in [0.05, 0.1) is 6.20 Å². The molecule has 7 nitrogen and oxygen atoms in total. The van der Waals surface area contributed by atoms with E-state index in [0.717, 1.165) is 25.8 Å². The van der Waals surface area contributed by atoms with Crippen molar-refractivity contribution < 1.29 is 13.2 Å². The lowest BCUT2D eigenvalue weighted by molar-refractivity contribution is 0.0678. The summed E-state index contributed by atoms with van der Waals surface area (Å²) in [5, 5.41) is 9.80. The molecule has 0 bridgehead atoms. The van der Waals surface area contributed by atoms with Crippen molar-refractivity contribution in [3.05, 3.63) is 11.8 Å². The highest BCUT2D eigenvalue weighted by atomic mass is 32.2. The third kappa shape index (κ3) is 4.77. The minimum absolute atomic E-state index is 0.165. The number of aromatic amines is 1. The van der Waals surface area contributed by atoms with Gasteiger partial charge in [-0.3, -0.25) is 5.10 Å². The number of hydrogen-bond donors (Lipinski definition) is 3. The molecule has 1 aliphatic heterocycles. The molecule has 0 amide bonds. The van der Waals surface area contributed by atoms with Crippen LogP contribution in [0.25, 0.3) is 0 Å². The van der Waals surface area contributed by atoms with Crippen LogP contribution >= 0.6 is 0 Å². The summed E-state index contributed by atoms with van der Waals surface area (Å²) in [5.74, 6) is 0.345. The molecule has 0 radical (unpaired) electrons. The Hall–Kier alpha value is -0.960. The molecule has 8 heteroatoms. The van der Waals surface area contributed by atoms with Crippen molar-refractivity contribution in [2.24, 2.45) is 5.92 Å². The van der Waals surface area contributed by atoms with Crippen LogP contribution in [0, 0.1) is 5.92 Å². The van der Waals surface area contributed by atoms with Crippen LogP contribution in [-0.4, -0.2) is 44.9 Å². The van der Waals surface area contributed by atoms with Crippen LogP contribution in [0.5, 0.6) is 0 Å². The second-order valence-corrected chi connectivity index (χ2v) is 7.01. The average Bonchev–Trinajstić information content (AvgIpc) is 2.96. The molecule has 2 rings (SSSR count). The average molecular weight is 316 g/mol. The van der Waals surface area contributed by atoms with E-state index in [2.05, 4.69) is 27.2 Å². The van der Waals surface area contributed by atoms with Crippen LogP contribution in [0.1, 0.15) is 31.7 Å². The second kappa shape index (κ2) is 7.88. The van der Waals surface area contributed by atoms with E-state index in [0.29, 0.717) is 37.8 Å². The zero-order chi connectivity index (χ0) is 15.1. The van der Waals surface area contributed by atoms with Gasteiger partial charge in [-0.2, -0.15) is 5.10 Å². The van der Waals surface area contributed by atoms with Gasteiger partial charge in [0.25, 0.3) is 10.0 Å². The standard InChI is InChI=1S/C13H24N4O3S/c1-2-5-14-9-12-10-15-17-13(12)21(18,19)16-8-11-3-6-20-7-4-11/h10-11,14,16H,2-9H2,1H3,(H,15,17). The molecule has 0 aliphatic carbocycles. The molecular formula is C13H24N4O3S. The highest BCUT2D eigenvalue weighted by Crippen LogP contribution is 2.16. The molecule has 1 aromatic rings. The quantitative estimate of drug-likeness (QED) is 0.611. The van der Waals surface area contributed by atoms with E-state index < -0.39 is 10.0 Å². The Balaban J connectivity index is 1.93. The Morgan fingerprint density at radius 3 is 2.90 bits per heavy atom. The van der Waals surface area contributed by atoms with Gasteiger partial charge in [-0.15, -0.1) is 0 Å². The molecule has 0 unspecified atom stereocenters. The Morgan fingerprint density at radius 2 is 2.19 bits per heavy atom. The topological polar surface area (TPSA) is 96.1 Å². The van der Waals surface area contributed by atoms with Gasteiger partial charge in [0, 0.05) is 31.9 Å². The molecule has 1 aliphatic rings. The van der Waals surface area contributed by atoms with E-state index in [1.807, 2.05) is 0 Å². The molecule has 1 fully saturated rings. The summed E-state index contributed by atoms with van der Waals surface area (Å²) < 4.78 is 32.7. The Bertz CT molecular complexity index is 523. The summed E-state index contributed by atoms with van der Waals surface area (Å²) in [7, 11) is -3.53. The molecule has 1 saturated heterocycles. The summed E-state index contributed by atoms with van der Waals surface area (Å²) in [6.45, 7) is 5.28. The van der Waals surface area contributed by atoms with Crippen molar-refractivity contribution in [2.75, 3.05) is 26.3 Å². The Kier molecular flexibility index (Phi) is 6.16. The molecular weight excluding hydrogens is 292 g/mol. The first-order valence-electron chi connectivity index (χ1n) is 7.44. The predicted molar refractivity (Wildman–Crippen MR) is 79.3 cm³/mol. The number of hydrogen-bond acceptors (Lipinski definition) is 5. The number of rotatable bonds is 8. The maximum absolute atomic E-state index is 12.3. The minimum atomic E-state index is -3.53. The molecule has 0 spiro atoms. The monoisotopic (exact) mass is 316 g/mol. The highest BCUT2D eigenvalue weighted by Gasteiger charge is 2.22. The molecule has 120 valence electrons. The van der Waals surface area contributed by atoms with E-state index in [-0.39, 0.29) is 5.03 Å². The zero-order valence-electron chi connectivity index (χ0n) is 12.4. The van der Waals surface area contributed by atoms with E-state index in [9.17, 15) is 8.42 Å². The Labute approximate surface area is 125 Å². The van der Waals surface area contributed by atoms with Gasteiger partial charge in [-0.05, 0) is 31.7 Å². The maximum atomic E-state index is 12.3. The van der Waals surface area contributed by atoms with Crippen molar-refractivity contribution in [3.63, 3.8) is 0 Å². The number of sulfonamides is 1. The number of H-pyrrole nitrogens is 1. The van der Waals surface area contributed by atoms with Gasteiger partial charge in [-0.1, -0.05) is 6.92 Å². The summed E-state index contributed by atoms with van der Waals surface area (Å²) in [4.78, 5) is 0. The van der Waals surface area contributed by atoms with Gasteiger partial charge >= 0.3 is 0 Å². The summed E-state index contributed by atoms with van der Waals surface area (Å²) in [6.07, 6.45) is 4.36. The molecule has 1 aromatic heterocycles. The fourth-order valence-electron chi connectivity index (χ4n) is 2.31. The van der Waals surface area contributed by atoms with Gasteiger partial charge < -0.3 is 10.1 Å². The van der Waals surface area contributed by atoms with Crippen LogP contribution in [-0.2, 0) is 21.3 Å². The van der Waals surface area contributed by atoms with Crippen LogP contribution < -0.4 is 10.0 Å². The lowest BCUT2D eigenvalue weighted by Crippen LogP contribution is -2.33. The molecule has 0 aromatic carbocycles. The van der Waals surface area contributed by atoms with Crippen LogP contribution in [0.15, 0.2) is 11.2 Å². The number of nitrogens with zero attached hydrogens (tertiary/aromatic N) is 1. The zero-order valence-corrected chi connectivity index (χ0v) is 13.2. The van der Waals surface area contributed by atoms with Crippen molar-refractivity contribution >= 4 is 10.0 Å². The van der Waals surface area contributed by atoms with Crippen molar-refractivity contribution in [3.8, 4) is 0 Å². The van der Waals surface area contributed by atoms with Gasteiger partial charge in [0.1, 0.15) is 0 Å². The van der Waals surface area contributed by atoms with Crippen LogP contribution in [0.3, 0.4) is 0 Å². The molecule has 21 heavy (non-hydrogen) atoms. The number of nitrogens with one attached hydrogen (secondary N) is 3. The first-order valence-corrected chi connectivity index (χ1v) is 8.92. The van der Waals surface area contributed by atoms with Gasteiger partial charge in [0.2, 0.25) is 0 Å². The lowest BCUT2D eigenvalue weighted by Gasteiger charge is -2.22. The first kappa shape index (κ1) is 16.4. The summed E-state index contributed by atoms with van der Waals surface area (Å²) >= 11 is 0. The fraction of sp³-hybridized carbons (Fsp3) is 0.769.